The highest BCUT2D eigenvalue weighted by molar-refractivity contribution is 5.51. The Bertz CT molecular complexity index is 805. The summed E-state index contributed by atoms with van der Waals surface area (Å²) in [4.78, 5) is 3.92. The number of rotatable bonds is 5. The van der Waals surface area contributed by atoms with Gasteiger partial charge in [-0.1, -0.05) is 11.2 Å². The highest BCUT2D eigenvalue weighted by Crippen LogP contribution is 2.21. The Morgan fingerprint density at radius 3 is 2.76 bits per heavy atom. The van der Waals surface area contributed by atoms with Gasteiger partial charge in [0.1, 0.15) is 18.0 Å². The molecule has 6 nitrogen and oxygen atoms in total. The van der Waals surface area contributed by atoms with Crippen LogP contribution in [-0.2, 0) is 6.54 Å². The van der Waals surface area contributed by atoms with Crippen molar-refractivity contribution in [1.29, 1.82) is 0 Å². The number of ether oxygens (including phenoxy) is 1. The summed E-state index contributed by atoms with van der Waals surface area (Å²) < 4.78 is 16.1. The summed E-state index contributed by atoms with van der Waals surface area (Å²) in [5, 5.41) is 4.18. The van der Waals surface area contributed by atoms with Crippen molar-refractivity contribution in [2.75, 3.05) is 38.2 Å². The van der Waals surface area contributed by atoms with E-state index in [-0.39, 0.29) is 0 Å². The van der Waals surface area contributed by atoms with E-state index in [2.05, 4.69) is 22.2 Å². The molecule has 0 spiro atoms. The molecule has 2 aromatic heterocycles. The van der Waals surface area contributed by atoms with Gasteiger partial charge in [0.05, 0.1) is 39.6 Å². The Morgan fingerprint density at radius 1 is 1.12 bits per heavy atom. The number of nitrogens with zero attached hydrogens (tertiary/aromatic N) is 2. The number of piperazine rings is 1. The van der Waals surface area contributed by atoms with E-state index in [1.165, 1.54) is 10.6 Å². The molecule has 3 aromatic rings. The van der Waals surface area contributed by atoms with Gasteiger partial charge < -0.3 is 23.5 Å². The van der Waals surface area contributed by atoms with Crippen LogP contribution in [0.2, 0.25) is 0 Å². The van der Waals surface area contributed by atoms with Gasteiger partial charge in [-0.15, -0.1) is 0 Å². The Hall–Kier alpha value is -2.73. The molecule has 1 aromatic carbocycles. The lowest BCUT2D eigenvalue weighted by atomic mass is 10.2. The van der Waals surface area contributed by atoms with Gasteiger partial charge in [0.15, 0.2) is 5.76 Å². The number of hydrogen-bond acceptors (Lipinski definition) is 5. The maximum absolute atomic E-state index is 5.39. The minimum atomic E-state index is 0.689. The Balaban J connectivity index is 1.34. The van der Waals surface area contributed by atoms with E-state index in [0.29, 0.717) is 5.76 Å². The minimum absolute atomic E-state index is 0.689. The highest BCUT2D eigenvalue weighted by Gasteiger charge is 2.22. The first-order chi connectivity index (χ1) is 12.3. The molecule has 1 N–H and O–H groups in total. The molecule has 1 fully saturated rings. The van der Waals surface area contributed by atoms with E-state index in [4.69, 9.17) is 13.7 Å². The fourth-order valence-corrected chi connectivity index (χ4v) is 3.25. The maximum atomic E-state index is 5.39. The molecule has 0 aliphatic carbocycles. The van der Waals surface area contributed by atoms with E-state index in [9.17, 15) is 0 Å². The van der Waals surface area contributed by atoms with E-state index in [0.717, 1.165) is 49.9 Å². The van der Waals surface area contributed by atoms with Gasteiger partial charge >= 0.3 is 0 Å². The number of benzene rings is 1. The summed E-state index contributed by atoms with van der Waals surface area (Å²) >= 11 is 0. The van der Waals surface area contributed by atoms with Crippen LogP contribution in [0, 0.1) is 0 Å². The summed E-state index contributed by atoms with van der Waals surface area (Å²) in [5.41, 5.74) is 2.19. The predicted molar refractivity (Wildman–Crippen MR) is 93.8 cm³/mol. The molecule has 1 aliphatic heterocycles. The van der Waals surface area contributed by atoms with Gasteiger partial charge in [0, 0.05) is 17.8 Å². The van der Waals surface area contributed by atoms with Crippen molar-refractivity contribution in [2.24, 2.45) is 0 Å². The zero-order valence-electron chi connectivity index (χ0n) is 14.3. The third kappa shape index (κ3) is 3.53. The fraction of sp³-hybridized carbons (Fsp3) is 0.316. The van der Waals surface area contributed by atoms with Gasteiger partial charge in [-0.25, -0.2) is 0 Å². The summed E-state index contributed by atoms with van der Waals surface area (Å²) in [5.74, 6) is 2.31. The van der Waals surface area contributed by atoms with Gasteiger partial charge in [0.25, 0.3) is 0 Å². The number of quaternary nitrogens is 1. The van der Waals surface area contributed by atoms with E-state index < -0.39 is 0 Å². The van der Waals surface area contributed by atoms with Crippen molar-refractivity contribution in [3.63, 3.8) is 0 Å². The number of aromatic nitrogens is 1. The van der Waals surface area contributed by atoms with Crippen molar-refractivity contribution in [1.82, 2.24) is 5.16 Å². The molecule has 0 atom stereocenters. The molecule has 0 unspecified atom stereocenters. The average molecular weight is 340 g/mol. The Morgan fingerprint density at radius 2 is 2.00 bits per heavy atom. The number of nitrogens with one attached hydrogen (secondary N) is 1. The summed E-state index contributed by atoms with van der Waals surface area (Å²) in [6.45, 7) is 5.05. The van der Waals surface area contributed by atoms with Crippen LogP contribution in [0.5, 0.6) is 5.75 Å². The molecule has 25 heavy (non-hydrogen) atoms. The van der Waals surface area contributed by atoms with Crippen molar-refractivity contribution in [2.45, 2.75) is 6.54 Å². The SMILES string of the molecule is COc1cccc(N2CC[NH+](Cc3cc(-c4ccco4)on3)CC2)c1. The van der Waals surface area contributed by atoms with Gasteiger partial charge in [0.2, 0.25) is 5.76 Å². The molecule has 0 saturated carbocycles. The quantitative estimate of drug-likeness (QED) is 0.768. The van der Waals surface area contributed by atoms with E-state index >= 15 is 0 Å². The zero-order chi connectivity index (χ0) is 17.1. The highest BCUT2D eigenvalue weighted by atomic mass is 16.5. The van der Waals surface area contributed by atoms with Crippen LogP contribution in [0.15, 0.2) is 57.7 Å². The maximum Gasteiger partial charge on any atom is 0.202 e. The number of methoxy groups -OCH3 is 1. The van der Waals surface area contributed by atoms with Crippen LogP contribution in [0.4, 0.5) is 5.69 Å². The van der Waals surface area contributed by atoms with Crippen LogP contribution in [0.25, 0.3) is 11.5 Å². The first kappa shape index (κ1) is 15.8. The third-order valence-corrected chi connectivity index (χ3v) is 4.64. The molecule has 1 aliphatic rings. The van der Waals surface area contributed by atoms with Crippen LogP contribution in [0.3, 0.4) is 0 Å². The standard InChI is InChI=1S/C19H21N3O3/c1-23-17-5-2-4-16(13-17)22-9-7-21(8-10-22)14-15-12-19(25-20-15)18-6-3-11-24-18/h2-6,11-13H,7-10,14H2,1H3/p+1. The molecule has 4 rings (SSSR count). The first-order valence-corrected chi connectivity index (χ1v) is 8.54. The second-order valence-electron chi connectivity index (χ2n) is 6.28. The Kier molecular flexibility index (Phi) is 4.43. The fourth-order valence-electron chi connectivity index (χ4n) is 3.25. The molecule has 3 heterocycles. The number of hydrogen-bond donors (Lipinski definition) is 1. The van der Waals surface area contributed by atoms with Crippen molar-refractivity contribution in [3.8, 4) is 17.3 Å². The second kappa shape index (κ2) is 7.03. The lowest BCUT2D eigenvalue weighted by Crippen LogP contribution is -3.13. The molecule has 130 valence electrons. The second-order valence-corrected chi connectivity index (χ2v) is 6.28. The molecule has 0 bridgehead atoms. The molecular formula is C19H22N3O3+. The molecular weight excluding hydrogens is 318 g/mol. The Labute approximate surface area is 146 Å². The third-order valence-electron chi connectivity index (χ3n) is 4.64. The number of anilines is 1. The molecule has 0 amide bonds. The van der Waals surface area contributed by atoms with Gasteiger partial charge in [-0.3, -0.25) is 0 Å². The number of furan rings is 1. The van der Waals surface area contributed by atoms with Gasteiger partial charge in [-0.05, 0) is 24.3 Å². The smallest absolute Gasteiger partial charge is 0.202 e. The lowest BCUT2D eigenvalue weighted by Gasteiger charge is -2.33. The largest absolute Gasteiger partial charge is 0.497 e. The van der Waals surface area contributed by atoms with Crippen LogP contribution < -0.4 is 14.5 Å². The average Bonchev–Trinajstić information content (AvgIpc) is 3.34. The van der Waals surface area contributed by atoms with E-state index in [1.54, 1.807) is 13.4 Å². The summed E-state index contributed by atoms with van der Waals surface area (Å²) in [6.07, 6.45) is 1.64. The monoisotopic (exact) mass is 340 g/mol. The summed E-state index contributed by atoms with van der Waals surface area (Å²) in [7, 11) is 1.70. The van der Waals surface area contributed by atoms with Crippen molar-refractivity contribution >= 4 is 5.69 Å². The lowest BCUT2D eigenvalue weighted by molar-refractivity contribution is -0.914. The normalized spacial score (nSPS) is 15.5. The zero-order valence-corrected chi connectivity index (χ0v) is 14.3. The molecule has 0 radical (unpaired) electrons. The molecule has 1 saturated heterocycles. The van der Waals surface area contributed by atoms with E-state index in [1.807, 2.05) is 30.3 Å². The van der Waals surface area contributed by atoms with Crippen LogP contribution in [-0.4, -0.2) is 38.4 Å². The van der Waals surface area contributed by atoms with Crippen LogP contribution in [0.1, 0.15) is 5.69 Å². The van der Waals surface area contributed by atoms with Crippen molar-refractivity contribution in [3.05, 3.63) is 54.4 Å². The minimum Gasteiger partial charge on any atom is -0.497 e. The topological polar surface area (TPSA) is 56.1 Å². The first-order valence-electron chi connectivity index (χ1n) is 8.54. The molecule has 6 heteroatoms. The van der Waals surface area contributed by atoms with Gasteiger partial charge in [-0.2, -0.15) is 0 Å². The van der Waals surface area contributed by atoms with Crippen LogP contribution >= 0.6 is 0 Å². The predicted octanol–water partition coefficient (Wildman–Crippen LogP) is 1.85. The summed E-state index contributed by atoms with van der Waals surface area (Å²) in [6, 6.07) is 14.0. The van der Waals surface area contributed by atoms with Crippen molar-refractivity contribution < 1.29 is 18.6 Å².